The number of amides is 2. The Bertz CT molecular complexity index is 885. The van der Waals surface area contributed by atoms with Crippen molar-refractivity contribution in [1.29, 1.82) is 0 Å². The lowest BCUT2D eigenvalue weighted by Crippen LogP contribution is -2.56. The first-order valence-corrected chi connectivity index (χ1v) is 11.7. The van der Waals surface area contributed by atoms with Gasteiger partial charge in [-0.1, -0.05) is 31.5 Å². The highest BCUT2D eigenvalue weighted by atomic mass is 19.4. The monoisotopic (exact) mass is 483 g/mol. The summed E-state index contributed by atoms with van der Waals surface area (Å²) < 4.78 is 31.7. The number of carboxylic acid groups (broad SMARTS) is 1. The summed E-state index contributed by atoms with van der Waals surface area (Å²) in [5.74, 6) is -1.91. The van der Waals surface area contributed by atoms with Crippen LogP contribution in [0.5, 0.6) is 0 Å². The van der Waals surface area contributed by atoms with Gasteiger partial charge in [0.25, 0.3) is 5.91 Å². The van der Waals surface area contributed by atoms with Crippen LogP contribution in [0.15, 0.2) is 30.3 Å². The van der Waals surface area contributed by atoms with Crippen LogP contribution < -0.4 is 5.32 Å². The quantitative estimate of drug-likeness (QED) is 0.687. The number of rotatable bonds is 4. The van der Waals surface area contributed by atoms with E-state index in [4.69, 9.17) is 9.90 Å². The molecule has 1 aromatic rings. The van der Waals surface area contributed by atoms with Crippen molar-refractivity contribution >= 4 is 17.8 Å². The number of benzene rings is 1. The molecule has 10 heteroatoms. The molecule has 3 heterocycles. The molecule has 3 saturated heterocycles. The number of likely N-dealkylation sites (tertiary alicyclic amines) is 2. The third kappa shape index (κ3) is 5.54. The van der Waals surface area contributed by atoms with Crippen LogP contribution in [0.25, 0.3) is 0 Å². The molecule has 3 aliphatic rings. The van der Waals surface area contributed by atoms with Gasteiger partial charge in [0.05, 0.1) is 5.92 Å². The van der Waals surface area contributed by atoms with Crippen molar-refractivity contribution in [2.45, 2.75) is 57.3 Å². The van der Waals surface area contributed by atoms with Gasteiger partial charge in [-0.25, -0.2) is 4.79 Å². The minimum Gasteiger partial charge on any atom is -0.475 e. The van der Waals surface area contributed by atoms with Gasteiger partial charge in [-0.3, -0.25) is 14.5 Å². The zero-order valence-electron chi connectivity index (χ0n) is 19.5. The average Bonchev–Trinajstić information content (AvgIpc) is 3.35. The molecule has 188 valence electrons. The highest BCUT2D eigenvalue weighted by molar-refractivity contribution is 5.94. The molecule has 1 unspecified atom stereocenters. The lowest BCUT2D eigenvalue weighted by atomic mass is 9.75. The van der Waals surface area contributed by atoms with Crippen LogP contribution in [0.2, 0.25) is 0 Å². The molecule has 4 rings (SSSR count). The van der Waals surface area contributed by atoms with Gasteiger partial charge in [-0.05, 0) is 38.3 Å². The molecule has 0 radical (unpaired) electrons. The first-order chi connectivity index (χ1) is 16.0. The van der Waals surface area contributed by atoms with Gasteiger partial charge >= 0.3 is 12.1 Å². The molecule has 0 aliphatic carbocycles. The maximum Gasteiger partial charge on any atom is 0.490 e. The van der Waals surface area contributed by atoms with Crippen LogP contribution >= 0.6 is 0 Å². The Morgan fingerprint density at radius 3 is 2.29 bits per heavy atom. The molecule has 7 nitrogen and oxygen atoms in total. The number of hydrogen-bond acceptors (Lipinski definition) is 4. The number of nitrogens with one attached hydrogen (secondary N) is 1. The lowest BCUT2D eigenvalue weighted by Gasteiger charge is -2.43. The summed E-state index contributed by atoms with van der Waals surface area (Å²) in [6, 6.07) is 10.1. The fourth-order valence-corrected chi connectivity index (χ4v) is 5.42. The predicted molar refractivity (Wildman–Crippen MR) is 119 cm³/mol. The second kappa shape index (κ2) is 10.3. The standard InChI is InChI=1S/C22H31N3O2.C2HF3O2/c1-3-7-16(2)25-14-18-19(15-25)22(23-20(18)26)10-12-24(13-11-22)21(27)17-8-5-4-6-9-17;3-2(4,5)1(6)7/h4-6,8-9,16,18-19H,3,7,10-15H2,1-2H3,(H,23,26);(H,6,7)/t16?,18-,19+;/m1./s1. The number of aliphatic carboxylic acids is 1. The second-order valence-electron chi connectivity index (χ2n) is 9.41. The Morgan fingerprint density at radius 1 is 1.18 bits per heavy atom. The maximum atomic E-state index is 12.7. The number of nitrogens with zero attached hydrogens (tertiary/aromatic N) is 2. The first-order valence-electron chi connectivity index (χ1n) is 11.7. The van der Waals surface area contributed by atoms with Crippen molar-refractivity contribution in [1.82, 2.24) is 15.1 Å². The minimum absolute atomic E-state index is 0.107. The Balaban J connectivity index is 0.000000406. The Morgan fingerprint density at radius 2 is 1.76 bits per heavy atom. The number of carbonyl (C=O) groups excluding carboxylic acids is 2. The SMILES string of the molecule is CCCC(C)N1C[C@H]2C(=O)NC3(CCN(C(=O)c4ccccc4)CC3)[C@H]2C1.O=C(O)C(F)(F)F. The number of carbonyl (C=O) groups is 3. The van der Waals surface area contributed by atoms with E-state index in [1.165, 1.54) is 12.8 Å². The van der Waals surface area contributed by atoms with Crippen molar-refractivity contribution in [2.75, 3.05) is 26.2 Å². The van der Waals surface area contributed by atoms with Crippen molar-refractivity contribution in [3.05, 3.63) is 35.9 Å². The summed E-state index contributed by atoms with van der Waals surface area (Å²) in [7, 11) is 0. The van der Waals surface area contributed by atoms with E-state index in [9.17, 15) is 22.8 Å². The summed E-state index contributed by atoms with van der Waals surface area (Å²) in [5.41, 5.74) is 0.637. The number of halogens is 3. The smallest absolute Gasteiger partial charge is 0.475 e. The van der Waals surface area contributed by atoms with Crippen LogP contribution in [0, 0.1) is 11.8 Å². The van der Waals surface area contributed by atoms with Crippen molar-refractivity contribution in [3.8, 4) is 0 Å². The van der Waals surface area contributed by atoms with Crippen molar-refractivity contribution < 1.29 is 32.7 Å². The Hall–Kier alpha value is -2.62. The van der Waals surface area contributed by atoms with Crippen LogP contribution in [0.3, 0.4) is 0 Å². The molecule has 2 N–H and O–H groups in total. The Labute approximate surface area is 197 Å². The topological polar surface area (TPSA) is 90.0 Å². The number of carboxylic acids is 1. The summed E-state index contributed by atoms with van der Waals surface area (Å²) >= 11 is 0. The van der Waals surface area contributed by atoms with Crippen LogP contribution in [0.4, 0.5) is 13.2 Å². The third-order valence-electron chi connectivity index (χ3n) is 7.30. The highest BCUT2D eigenvalue weighted by Crippen LogP contribution is 2.44. The maximum absolute atomic E-state index is 12.7. The molecular weight excluding hydrogens is 451 g/mol. The van der Waals surface area contributed by atoms with E-state index in [0.717, 1.165) is 44.6 Å². The summed E-state index contributed by atoms with van der Waals surface area (Å²) in [6.07, 6.45) is -0.975. The molecule has 34 heavy (non-hydrogen) atoms. The van der Waals surface area contributed by atoms with Crippen LogP contribution in [-0.4, -0.2) is 76.6 Å². The van der Waals surface area contributed by atoms with Gasteiger partial charge in [0, 0.05) is 49.2 Å². The lowest BCUT2D eigenvalue weighted by molar-refractivity contribution is -0.192. The molecule has 2 amide bonds. The molecule has 0 saturated carbocycles. The average molecular weight is 484 g/mol. The molecule has 0 bridgehead atoms. The van der Waals surface area contributed by atoms with Gasteiger partial charge in [0.1, 0.15) is 0 Å². The van der Waals surface area contributed by atoms with E-state index in [1.807, 2.05) is 35.2 Å². The summed E-state index contributed by atoms with van der Waals surface area (Å²) in [5, 5.41) is 10.5. The normalized spacial score (nSPS) is 24.7. The van der Waals surface area contributed by atoms with Gasteiger partial charge in [-0.15, -0.1) is 0 Å². The molecule has 1 aromatic carbocycles. The van der Waals surface area contributed by atoms with Crippen molar-refractivity contribution in [3.63, 3.8) is 0 Å². The van der Waals surface area contributed by atoms with Gasteiger partial charge in [0.15, 0.2) is 0 Å². The predicted octanol–water partition coefficient (Wildman–Crippen LogP) is 3.16. The fraction of sp³-hybridized carbons (Fsp3) is 0.625. The molecule has 3 aliphatic heterocycles. The Kier molecular flexibility index (Phi) is 7.90. The number of alkyl halides is 3. The van der Waals surface area contributed by atoms with Gasteiger partial charge in [-0.2, -0.15) is 13.2 Å². The zero-order valence-corrected chi connectivity index (χ0v) is 19.5. The molecule has 3 atom stereocenters. The van der Waals surface area contributed by atoms with Gasteiger partial charge in [0.2, 0.25) is 5.91 Å². The molecular formula is C24H32F3N3O4. The third-order valence-corrected chi connectivity index (χ3v) is 7.30. The van der Waals surface area contributed by atoms with Gasteiger partial charge < -0.3 is 15.3 Å². The molecule has 3 fully saturated rings. The van der Waals surface area contributed by atoms with E-state index in [0.29, 0.717) is 12.0 Å². The van der Waals surface area contributed by atoms with E-state index >= 15 is 0 Å². The van der Waals surface area contributed by atoms with E-state index < -0.39 is 12.1 Å². The highest BCUT2D eigenvalue weighted by Gasteiger charge is 2.57. The fourth-order valence-electron chi connectivity index (χ4n) is 5.42. The summed E-state index contributed by atoms with van der Waals surface area (Å²) in [4.78, 5) is 38.8. The van der Waals surface area contributed by atoms with Crippen LogP contribution in [-0.2, 0) is 9.59 Å². The van der Waals surface area contributed by atoms with E-state index in [-0.39, 0.29) is 23.3 Å². The summed E-state index contributed by atoms with van der Waals surface area (Å²) in [6.45, 7) is 7.87. The number of fused-ring (bicyclic) bond motifs is 2. The van der Waals surface area contributed by atoms with Crippen LogP contribution in [0.1, 0.15) is 49.9 Å². The van der Waals surface area contributed by atoms with Crippen molar-refractivity contribution in [2.24, 2.45) is 11.8 Å². The second-order valence-corrected chi connectivity index (χ2v) is 9.41. The first kappa shape index (κ1) is 26.0. The van der Waals surface area contributed by atoms with E-state index in [2.05, 4.69) is 24.1 Å². The van der Waals surface area contributed by atoms with E-state index in [1.54, 1.807) is 0 Å². The zero-order chi connectivity index (χ0) is 25.1. The molecule has 0 aromatic heterocycles. The minimum atomic E-state index is -5.08. The largest absolute Gasteiger partial charge is 0.490 e. The molecule has 1 spiro atoms. The number of piperidine rings is 1. The number of hydrogen-bond donors (Lipinski definition) is 2.